The molecular weight excluding hydrogens is 355 g/mol. The van der Waals surface area contributed by atoms with Crippen LogP contribution in [-0.4, -0.2) is 17.1 Å². The van der Waals surface area contributed by atoms with Crippen LogP contribution in [0.5, 0.6) is 5.75 Å². The van der Waals surface area contributed by atoms with Gasteiger partial charge in [-0.1, -0.05) is 30.3 Å². The molecule has 0 amide bonds. The van der Waals surface area contributed by atoms with Crippen molar-refractivity contribution in [3.8, 4) is 5.75 Å². The number of hydrogen-bond donors (Lipinski definition) is 1. The van der Waals surface area contributed by atoms with Crippen molar-refractivity contribution >= 4 is 5.97 Å². The average molecular weight is 380 g/mol. The summed E-state index contributed by atoms with van der Waals surface area (Å²) >= 11 is 0. The fourth-order valence-corrected chi connectivity index (χ4v) is 3.26. The first-order chi connectivity index (χ1) is 13.6. The van der Waals surface area contributed by atoms with E-state index < -0.39 is 0 Å². The van der Waals surface area contributed by atoms with E-state index in [1.165, 1.54) is 12.1 Å². The molecule has 28 heavy (non-hydrogen) atoms. The molecule has 0 radical (unpaired) electrons. The van der Waals surface area contributed by atoms with Crippen LogP contribution in [-0.2, 0) is 19.4 Å². The van der Waals surface area contributed by atoms with Crippen LogP contribution in [0.25, 0.3) is 0 Å². The molecule has 0 bridgehead atoms. The normalized spacial score (nSPS) is 10.8. The van der Waals surface area contributed by atoms with E-state index in [9.17, 15) is 9.18 Å². The molecule has 0 aliphatic rings. The molecule has 2 N–H and O–H groups in total. The van der Waals surface area contributed by atoms with E-state index in [1.54, 1.807) is 24.3 Å². The van der Waals surface area contributed by atoms with Crippen LogP contribution in [0.4, 0.5) is 4.39 Å². The number of esters is 1. The van der Waals surface area contributed by atoms with Crippen LogP contribution < -0.4 is 10.5 Å². The summed E-state index contributed by atoms with van der Waals surface area (Å²) in [6.45, 7) is 3.22. The van der Waals surface area contributed by atoms with Crippen molar-refractivity contribution in [1.82, 2.24) is 4.57 Å². The van der Waals surface area contributed by atoms with Crippen LogP contribution in [0, 0.1) is 12.7 Å². The Hall–Kier alpha value is -2.92. The summed E-state index contributed by atoms with van der Waals surface area (Å²) < 4.78 is 20.8. The second kappa shape index (κ2) is 9.33. The van der Waals surface area contributed by atoms with Crippen LogP contribution in [0.2, 0.25) is 0 Å². The topological polar surface area (TPSA) is 57.2 Å². The molecule has 0 atom stereocenters. The van der Waals surface area contributed by atoms with Crippen molar-refractivity contribution in [3.05, 3.63) is 89.0 Å². The lowest BCUT2D eigenvalue weighted by Crippen LogP contribution is -2.12. The number of carbonyl (C=O) groups excluding carboxylic acids is 1. The van der Waals surface area contributed by atoms with E-state index >= 15 is 0 Å². The van der Waals surface area contributed by atoms with Gasteiger partial charge >= 0.3 is 5.97 Å². The number of aryl methyl sites for hydroxylation is 2. The van der Waals surface area contributed by atoms with Crippen molar-refractivity contribution < 1.29 is 13.9 Å². The summed E-state index contributed by atoms with van der Waals surface area (Å²) in [5.74, 6) is -0.0804. The third-order valence-electron chi connectivity index (χ3n) is 4.80. The zero-order chi connectivity index (χ0) is 19.9. The number of carbonyl (C=O) groups is 1. The molecule has 4 nitrogen and oxygen atoms in total. The Morgan fingerprint density at radius 1 is 1.07 bits per heavy atom. The first kappa shape index (κ1) is 19.8. The Morgan fingerprint density at radius 2 is 1.79 bits per heavy atom. The molecule has 0 aliphatic heterocycles. The van der Waals surface area contributed by atoms with Gasteiger partial charge in [0.05, 0.1) is 5.56 Å². The van der Waals surface area contributed by atoms with Crippen molar-refractivity contribution in [1.29, 1.82) is 0 Å². The summed E-state index contributed by atoms with van der Waals surface area (Å²) in [7, 11) is 0. The van der Waals surface area contributed by atoms with E-state index in [1.807, 2.05) is 31.2 Å². The number of benzene rings is 2. The van der Waals surface area contributed by atoms with Gasteiger partial charge in [-0.05, 0) is 68.6 Å². The predicted octanol–water partition coefficient (Wildman–Crippen LogP) is 4.29. The maximum atomic E-state index is 13.1. The average Bonchev–Trinajstić information content (AvgIpc) is 3.02. The molecule has 0 saturated carbocycles. The number of ether oxygens (including phenoxy) is 1. The van der Waals surface area contributed by atoms with E-state index in [4.69, 9.17) is 10.5 Å². The van der Waals surface area contributed by atoms with E-state index in [0.717, 1.165) is 36.2 Å². The van der Waals surface area contributed by atoms with Gasteiger partial charge in [0.1, 0.15) is 11.6 Å². The quantitative estimate of drug-likeness (QED) is 0.468. The number of rotatable bonds is 8. The first-order valence-electron chi connectivity index (χ1n) is 9.49. The molecule has 5 heteroatoms. The molecule has 0 aliphatic carbocycles. The van der Waals surface area contributed by atoms with Crippen molar-refractivity contribution in [3.63, 3.8) is 0 Å². The Kier molecular flexibility index (Phi) is 6.61. The molecule has 2 aromatic carbocycles. The predicted molar refractivity (Wildman–Crippen MR) is 108 cm³/mol. The molecule has 0 fully saturated rings. The Labute approximate surface area is 164 Å². The van der Waals surface area contributed by atoms with Crippen LogP contribution in [0.1, 0.15) is 33.7 Å². The maximum absolute atomic E-state index is 13.1. The summed E-state index contributed by atoms with van der Waals surface area (Å²) in [5, 5.41) is 0. The SMILES string of the molecule is Cc1c(C(=O)Oc2ccccc2)cc(CCCN)n1CCc1ccc(F)cc1. The van der Waals surface area contributed by atoms with Crippen LogP contribution >= 0.6 is 0 Å². The number of halogens is 1. The Bertz CT molecular complexity index is 918. The molecule has 146 valence electrons. The van der Waals surface area contributed by atoms with Gasteiger partial charge in [-0.2, -0.15) is 0 Å². The van der Waals surface area contributed by atoms with Crippen molar-refractivity contribution in [2.75, 3.05) is 6.54 Å². The zero-order valence-corrected chi connectivity index (χ0v) is 16.0. The number of nitrogens with zero attached hydrogens (tertiary/aromatic N) is 1. The van der Waals surface area contributed by atoms with Gasteiger partial charge in [-0.15, -0.1) is 0 Å². The van der Waals surface area contributed by atoms with E-state index in [-0.39, 0.29) is 11.8 Å². The van der Waals surface area contributed by atoms with Crippen molar-refractivity contribution in [2.45, 2.75) is 32.7 Å². The lowest BCUT2D eigenvalue weighted by Gasteiger charge is -2.12. The number of nitrogens with two attached hydrogens (primary N) is 1. The molecule has 1 heterocycles. The maximum Gasteiger partial charge on any atom is 0.345 e. The molecule has 0 spiro atoms. The summed E-state index contributed by atoms with van der Waals surface area (Å²) in [5.41, 5.74) is 9.22. The first-order valence-corrected chi connectivity index (χ1v) is 9.49. The number of hydrogen-bond acceptors (Lipinski definition) is 3. The fraction of sp³-hybridized carbons (Fsp3) is 0.261. The summed E-state index contributed by atoms with van der Waals surface area (Å²) in [6.07, 6.45) is 2.38. The molecule has 0 unspecified atom stereocenters. The second-order valence-corrected chi connectivity index (χ2v) is 6.76. The monoisotopic (exact) mass is 380 g/mol. The lowest BCUT2D eigenvalue weighted by atomic mass is 10.1. The zero-order valence-electron chi connectivity index (χ0n) is 16.0. The fourth-order valence-electron chi connectivity index (χ4n) is 3.26. The highest BCUT2D eigenvalue weighted by atomic mass is 19.1. The van der Waals surface area contributed by atoms with Gasteiger partial charge in [-0.3, -0.25) is 0 Å². The summed E-state index contributed by atoms with van der Waals surface area (Å²) in [6, 6.07) is 17.5. The molecule has 3 rings (SSSR count). The Balaban J connectivity index is 1.81. The molecule has 0 saturated heterocycles. The largest absolute Gasteiger partial charge is 0.423 e. The van der Waals surface area contributed by atoms with Gasteiger partial charge in [0.2, 0.25) is 0 Å². The highest BCUT2D eigenvalue weighted by Gasteiger charge is 2.19. The van der Waals surface area contributed by atoms with E-state index in [0.29, 0.717) is 24.4 Å². The van der Waals surface area contributed by atoms with Gasteiger partial charge in [0.25, 0.3) is 0 Å². The third-order valence-corrected chi connectivity index (χ3v) is 4.80. The van der Waals surface area contributed by atoms with Gasteiger partial charge in [0.15, 0.2) is 0 Å². The highest BCUT2D eigenvalue weighted by molar-refractivity contribution is 5.92. The van der Waals surface area contributed by atoms with Gasteiger partial charge in [0, 0.05) is 17.9 Å². The summed E-state index contributed by atoms with van der Waals surface area (Å²) in [4.78, 5) is 12.7. The smallest absolute Gasteiger partial charge is 0.345 e. The lowest BCUT2D eigenvalue weighted by molar-refractivity contribution is 0.0734. The molecule has 3 aromatic rings. The second-order valence-electron chi connectivity index (χ2n) is 6.76. The number of aromatic nitrogens is 1. The van der Waals surface area contributed by atoms with Crippen LogP contribution in [0.3, 0.4) is 0 Å². The van der Waals surface area contributed by atoms with E-state index in [2.05, 4.69) is 4.57 Å². The third kappa shape index (κ3) is 4.87. The standard InChI is InChI=1S/C23H25FN2O2/c1-17-22(23(27)28-21-7-3-2-4-8-21)16-20(6-5-14-25)26(17)15-13-18-9-11-19(24)12-10-18/h2-4,7-12,16H,5-6,13-15,25H2,1H3. The molecular formula is C23H25FN2O2. The van der Waals surface area contributed by atoms with Crippen LogP contribution in [0.15, 0.2) is 60.7 Å². The van der Waals surface area contributed by atoms with Gasteiger partial charge < -0.3 is 15.0 Å². The van der Waals surface area contributed by atoms with Crippen molar-refractivity contribution in [2.24, 2.45) is 5.73 Å². The number of para-hydroxylation sites is 1. The van der Waals surface area contributed by atoms with Gasteiger partial charge in [-0.25, -0.2) is 9.18 Å². The minimum absolute atomic E-state index is 0.240. The highest BCUT2D eigenvalue weighted by Crippen LogP contribution is 2.21. The minimum atomic E-state index is -0.363. The Morgan fingerprint density at radius 3 is 2.46 bits per heavy atom. The molecule has 1 aromatic heterocycles. The minimum Gasteiger partial charge on any atom is -0.423 e.